The normalized spacial score (nSPS) is 14.1. The molecule has 4 heterocycles. The van der Waals surface area contributed by atoms with Crippen molar-refractivity contribution in [3.63, 3.8) is 0 Å². The van der Waals surface area contributed by atoms with E-state index in [0.717, 1.165) is 118 Å². The first-order valence-corrected chi connectivity index (χ1v) is 18.7. The maximum atomic E-state index is 10.9. The summed E-state index contributed by atoms with van der Waals surface area (Å²) < 4.78 is 17.9. The minimum absolute atomic E-state index is 0.588. The van der Waals surface area contributed by atoms with Gasteiger partial charge in [-0.2, -0.15) is 5.26 Å². The van der Waals surface area contributed by atoms with E-state index in [1.807, 2.05) is 42.5 Å². The first-order valence-electron chi connectivity index (χ1n) is 18.7. The number of furan rings is 2. The smallest absolute Gasteiger partial charge is 0.145 e. The summed E-state index contributed by atoms with van der Waals surface area (Å²) in [6.45, 7) is 0. The lowest BCUT2D eigenvalue weighted by atomic mass is 9.91. The molecule has 0 fully saturated rings. The molecule has 2 aliphatic rings. The lowest BCUT2D eigenvalue weighted by Crippen LogP contribution is -2.08. The van der Waals surface area contributed by atoms with Crippen LogP contribution in [0.3, 0.4) is 0 Å². The standard InChI is InChI=1S/C50H29N3O2/c51-29-30-13-12-19-34(48(30)53-41-20-3-1-2-17-38(41)47-43(53)28-26-36-33-16-7-11-24-45(33)55-50(36)47)31-14-4-8-21-39(31)52-40-22-9-5-18-37(40)46-42(52)27-25-35-32-15-6-10-23-44(32)54-49(35)46/h2,5-13,15-19,21-28H,1,4,14H2. The zero-order valence-corrected chi connectivity index (χ0v) is 29.6. The van der Waals surface area contributed by atoms with Gasteiger partial charge in [-0.25, -0.2) is 0 Å². The van der Waals surface area contributed by atoms with Gasteiger partial charge in [-0.1, -0.05) is 90.9 Å². The van der Waals surface area contributed by atoms with E-state index in [-0.39, 0.29) is 0 Å². The minimum atomic E-state index is 0.588. The summed E-state index contributed by atoms with van der Waals surface area (Å²) in [4.78, 5) is 0. The van der Waals surface area contributed by atoms with E-state index in [0.29, 0.717) is 12.0 Å². The number of allylic oxidation sites excluding steroid dienone is 5. The Balaban J connectivity index is 1.19. The highest BCUT2D eigenvalue weighted by atomic mass is 16.3. The molecule has 0 saturated heterocycles. The van der Waals surface area contributed by atoms with Crippen molar-refractivity contribution in [2.45, 2.75) is 19.3 Å². The van der Waals surface area contributed by atoms with Gasteiger partial charge in [0.15, 0.2) is 0 Å². The third-order valence-electron chi connectivity index (χ3n) is 11.5. The molecular formula is C50H29N3O2. The molecule has 5 heteroatoms. The maximum Gasteiger partial charge on any atom is 0.145 e. The summed E-state index contributed by atoms with van der Waals surface area (Å²) in [5.74, 6) is 6.90. The topological polar surface area (TPSA) is 59.9 Å². The van der Waals surface area contributed by atoms with E-state index < -0.39 is 0 Å². The molecule has 12 rings (SSSR count). The molecule has 0 unspecified atom stereocenters. The molecule has 256 valence electrons. The summed E-state index contributed by atoms with van der Waals surface area (Å²) in [7, 11) is 0. The average Bonchev–Trinajstić information content (AvgIpc) is 3.93. The third-order valence-corrected chi connectivity index (χ3v) is 11.5. The molecule has 55 heavy (non-hydrogen) atoms. The summed E-state index contributed by atoms with van der Waals surface area (Å²) in [6, 6.07) is 42.5. The van der Waals surface area contributed by atoms with Gasteiger partial charge in [-0.3, -0.25) is 4.57 Å². The van der Waals surface area contributed by atoms with Crippen molar-refractivity contribution < 1.29 is 8.83 Å². The molecule has 0 bridgehead atoms. The Labute approximate surface area is 314 Å². The van der Waals surface area contributed by atoms with Crippen LogP contribution in [0.15, 0.2) is 142 Å². The largest absolute Gasteiger partial charge is 0.455 e. The number of nitriles is 1. The van der Waals surface area contributed by atoms with E-state index in [1.165, 1.54) is 5.57 Å². The zero-order valence-electron chi connectivity index (χ0n) is 29.6. The molecule has 10 aromatic rings. The Hall–Kier alpha value is -7.47. The van der Waals surface area contributed by atoms with E-state index in [9.17, 15) is 5.26 Å². The molecule has 0 spiro atoms. The summed E-state index contributed by atoms with van der Waals surface area (Å²) in [6.07, 6.45) is 11.1. The SMILES string of the molecule is N#Cc1cccc(C2=C(n3c4ccccc4c4c5oc6ccccc6c5ccc43)C=CCC2)c1-n1c2c(c3c4oc5ccccc5c4ccc31)C=CCC#C2. The molecule has 0 atom stereocenters. The second-order valence-corrected chi connectivity index (χ2v) is 14.3. The van der Waals surface area contributed by atoms with Crippen LogP contribution in [0, 0.1) is 23.2 Å². The first-order chi connectivity index (χ1) is 27.3. The Morgan fingerprint density at radius 3 is 2.05 bits per heavy atom. The number of hydrogen-bond donors (Lipinski definition) is 0. The van der Waals surface area contributed by atoms with Gasteiger partial charge in [0, 0.05) is 50.2 Å². The van der Waals surface area contributed by atoms with Crippen LogP contribution in [0.4, 0.5) is 0 Å². The monoisotopic (exact) mass is 703 g/mol. The second-order valence-electron chi connectivity index (χ2n) is 14.3. The predicted molar refractivity (Wildman–Crippen MR) is 224 cm³/mol. The van der Waals surface area contributed by atoms with Crippen molar-refractivity contribution in [3.8, 4) is 23.6 Å². The fourth-order valence-electron chi connectivity index (χ4n) is 9.22. The molecule has 6 aromatic carbocycles. The Bertz CT molecular complexity index is 3540. The van der Waals surface area contributed by atoms with Crippen LogP contribution < -0.4 is 0 Å². The van der Waals surface area contributed by atoms with Gasteiger partial charge >= 0.3 is 0 Å². The van der Waals surface area contributed by atoms with Gasteiger partial charge in [-0.05, 0) is 78.9 Å². The molecule has 0 N–H and O–H groups in total. The van der Waals surface area contributed by atoms with Crippen LogP contribution in [0.5, 0.6) is 0 Å². The highest BCUT2D eigenvalue weighted by Gasteiger charge is 2.28. The average molecular weight is 704 g/mol. The predicted octanol–water partition coefficient (Wildman–Crippen LogP) is 12.9. The lowest BCUT2D eigenvalue weighted by Gasteiger charge is -2.23. The van der Waals surface area contributed by atoms with E-state index in [4.69, 9.17) is 8.83 Å². The number of para-hydroxylation sites is 4. The molecule has 0 amide bonds. The third kappa shape index (κ3) is 4.07. The quantitative estimate of drug-likeness (QED) is 0.172. The fourth-order valence-corrected chi connectivity index (χ4v) is 9.22. The van der Waals surface area contributed by atoms with Gasteiger partial charge in [-0.15, -0.1) is 0 Å². The lowest BCUT2D eigenvalue weighted by molar-refractivity contribution is 0.672. The van der Waals surface area contributed by atoms with Crippen LogP contribution in [0.1, 0.15) is 41.6 Å². The summed E-state index contributed by atoms with van der Waals surface area (Å²) in [5, 5.41) is 18.5. The van der Waals surface area contributed by atoms with E-state index in [2.05, 4.69) is 124 Å². The van der Waals surface area contributed by atoms with Crippen LogP contribution in [0.25, 0.3) is 99.6 Å². The van der Waals surface area contributed by atoms with Gasteiger partial charge < -0.3 is 13.4 Å². The second kappa shape index (κ2) is 11.3. The van der Waals surface area contributed by atoms with Crippen molar-refractivity contribution in [2.75, 3.05) is 0 Å². The van der Waals surface area contributed by atoms with Crippen LogP contribution in [-0.2, 0) is 0 Å². The molecule has 0 aliphatic heterocycles. The number of aromatic nitrogens is 2. The Morgan fingerprint density at radius 1 is 0.600 bits per heavy atom. The summed E-state index contributed by atoms with van der Waals surface area (Å²) >= 11 is 0. The van der Waals surface area contributed by atoms with Gasteiger partial charge in [0.2, 0.25) is 0 Å². The molecule has 5 nitrogen and oxygen atoms in total. The highest BCUT2D eigenvalue weighted by Crippen LogP contribution is 2.46. The van der Waals surface area contributed by atoms with E-state index >= 15 is 0 Å². The van der Waals surface area contributed by atoms with Crippen LogP contribution >= 0.6 is 0 Å². The Morgan fingerprint density at radius 2 is 1.29 bits per heavy atom. The van der Waals surface area contributed by atoms with E-state index in [1.54, 1.807) is 0 Å². The maximum absolute atomic E-state index is 10.9. The van der Waals surface area contributed by atoms with Gasteiger partial charge in [0.1, 0.15) is 34.1 Å². The number of fused-ring (bicyclic) bond motifs is 14. The van der Waals surface area contributed by atoms with Crippen molar-refractivity contribution in [3.05, 3.63) is 156 Å². The van der Waals surface area contributed by atoms with Crippen LogP contribution in [-0.4, -0.2) is 9.13 Å². The van der Waals surface area contributed by atoms with Crippen molar-refractivity contribution in [1.82, 2.24) is 9.13 Å². The fraction of sp³-hybridized carbons (Fsp3) is 0.0600. The number of rotatable bonds is 3. The molecule has 2 aliphatic carbocycles. The zero-order chi connectivity index (χ0) is 36.2. The van der Waals surface area contributed by atoms with Gasteiger partial charge in [0.05, 0.1) is 38.6 Å². The van der Waals surface area contributed by atoms with Crippen molar-refractivity contribution in [2.24, 2.45) is 0 Å². The van der Waals surface area contributed by atoms with Crippen LogP contribution in [0.2, 0.25) is 0 Å². The molecule has 0 radical (unpaired) electrons. The molecule has 4 aromatic heterocycles. The molecule has 0 saturated carbocycles. The van der Waals surface area contributed by atoms with Crippen molar-refractivity contribution >= 4 is 93.9 Å². The number of hydrogen-bond acceptors (Lipinski definition) is 3. The number of nitrogens with zero attached hydrogens (tertiary/aromatic N) is 3. The minimum Gasteiger partial charge on any atom is -0.455 e. The molecular weight excluding hydrogens is 675 g/mol. The number of benzene rings is 6. The van der Waals surface area contributed by atoms with Gasteiger partial charge in [0.25, 0.3) is 0 Å². The van der Waals surface area contributed by atoms with Crippen molar-refractivity contribution in [1.29, 1.82) is 5.26 Å². The highest BCUT2D eigenvalue weighted by molar-refractivity contribution is 6.25. The first kappa shape index (κ1) is 30.0. The summed E-state index contributed by atoms with van der Waals surface area (Å²) in [5.41, 5.74) is 13.1. The Kier molecular flexibility index (Phi) is 6.15.